The second-order valence-electron chi connectivity index (χ2n) is 4.46. The smallest absolute Gasteiger partial charge is 0.215 e. The van der Waals surface area contributed by atoms with Crippen LogP contribution in [0.1, 0.15) is 10.7 Å². The number of fused-ring (bicyclic) bond motifs is 1. The standard InChI is InChI=1S/C14H13Cl2N3OS/c1-20-13-5-3-10-14(18-13)19(12(17-10)6-7-15)8-9-2-4-11(16)21-9/h2-5H,6-8H2,1H3. The minimum absolute atomic E-state index is 0.519. The van der Waals surface area contributed by atoms with Gasteiger partial charge in [-0.15, -0.1) is 22.9 Å². The molecule has 0 spiro atoms. The fourth-order valence-electron chi connectivity index (χ4n) is 2.18. The Labute approximate surface area is 136 Å². The van der Waals surface area contributed by atoms with E-state index in [0.29, 0.717) is 24.7 Å². The van der Waals surface area contributed by atoms with Crippen LogP contribution in [0.3, 0.4) is 0 Å². The molecule has 0 aliphatic carbocycles. The van der Waals surface area contributed by atoms with Crippen molar-refractivity contribution < 1.29 is 4.74 Å². The van der Waals surface area contributed by atoms with Crippen molar-refractivity contribution in [2.75, 3.05) is 13.0 Å². The van der Waals surface area contributed by atoms with Gasteiger partial charge in [-0.2, -0.15) is 4.98 Å². The van der Waals surface area contributed by atoms with E-state index < -0.39 is 0 Å². The number of hydrogen-bond acceptors (Lipinski definition) is 4. The molecule has 0 atom stereocenters. The molecule has 3 aromatic rings. The van der Waals surface area contributed by atoms with E-state index in [0.717, 1.165) is 26.2 Å². The normalized spacial score (nSPS) is 11.2. The van der Waals surface area contributed by atoms with Gasteiger partial charge in [-0.05, 0) is 18.2 Å². The molecule has 110 valence electrons. The number of imidazole rings is 1. The number of aryl methyl sites for hydroxylation is 1. The summed E-state index contributed by atoms with van der Waals surface area (Å²) in [6, 6.07) is 7.64. The first-order valence-electron chi connectivity index (χ1n) is 6.41. The molecule has 21 heavy (non-hydrogen) atoms. The van der Waals surface area contributed by atoms with Crippen molar-refractivity contribution in [3.05, 3.63) is 39.3 Å². The van der Waals surface area contributed by atoms with E-state index >= 15 is 0 Å². The lowest BCUT2D eigenvalue weighted by Gasteiger charge is -2.06. The number of ether oxygens (including phenoxy) is 1. The number of pyridine rings is 1. The van der Waals surface area contributed by atoms with Gasteiger partial charge in [-0.3, -0.25) is 0 Å². The second kappa shape index (κ2) is 6.22. The molecule has 0 unspecified atom stereocenters. The molecule has 0 amide bonds. The van der Waals surface area contributed by atoms with Crippen LogP contribution in [0.15, 0.2) is 24.3 Å². The number of hydrogen-bond donors (Lipinski definition) is 0. The monoisotopic (exact) mass is 341 g/mol. The third-order valence-corrected chi connectivity index (χ3v) is 4.52. The predicted octanol–water partition coefficient (Wildman–Crippen LogP) is 3.98. The van der Waals surface area contributed by atoms with Crippen LogP contribution in [0.4, 0.5) is 0 Å². The Morgan fingerprint density at radius 2 is 2.10 bits per heavy atom. The summed E-state index contributed by atoms with van der Waals surface area (Å²) in [5, 5.41) is 0. The van der Waals surface area contributed by atoms with Gasteiger partial charge in [0.05, 0.1) is 18.0 Å². The van der Waals surface area contributed by atoms with Gasteiger partial charge in [-0.1, -0.05) is 11.6 Å². The summed E-state index contributed by atoms with van der Waals surface area (Å²) >= 11 is 13.4. The molecule has 7 heteroatoms. The van der Waals surface area contributed by atoms with Crippen molar-refractivity contribution in [2.45, 2.75) is 13.0 Å². The van der Waals surface area contributed by atoms with Gasteiger partial charge in [0.15, 0.2) is 5.65 Å². The lowest BCUT2D eigenvalue weighted by atomic mass is 10.4. The lowest BCUT2D eigenvalue weighted by molar-refractivity contribution is 0.399. The Bertz CT molecular complexity index is 769. The molecule has 4 nitrogen and oxygen atoms in total. The summed E-state index contributed by atoms with van der Waals surface area (Å²) in [6.45, 7) is 0.681. The summed E-state index contributed by atoms with van der Waals surface area (Å²) < 4.78 is 8.05. The van der Waals surface area contributed by atoms with Crippen LogP contribution >= 0.6 is 34.5 Å². The van der Waals surface area contributed by atoms with Crippen LogP contribution < -0.4 is 4.74 Å². The molecule has 3 aromatic heterocycles. The van der Waals surface area contributed by atoms with Crippen molar-refractivity contribution in [1.29, 1.82) is 0 Å². The number of nitrogens with zero attached hydrogens (tertiary/aromatic N) is 3. The Balaban J connectivity index is 2.09. The first kappa shape index (κ1) is 14.6. The van der Waals surface area contributed by atoms with Crippen LogP contribution in [-0.2, 0) is 13.0 Å². The average molecular weight is 342 g/mol. The van der Waals surface area contributed by atoms with E-state index in [2.05, 4.69) is 14.5 Å². The van der Waals surface area contributed by atoms with Crippen LogP contribution in [0.5, 0.6) is 5.88 Å². The molecular weight excluding hydrogens is 329 g/mol. The molecule has 0 N–H and O–H groups in total. The third kappa shape index (κ3) is 3.00. The van der Waals surface area contributed by atoms with Crippen molar-refractivity contribution in [1.82, 2.24) is 14.5 Å². The highest BCUT2D eigenvalue weighted by Crippen LogP contribution is 2.25. The van der Waals surface area contributed by atoms with Crippen molar-refractivity contribution in [2.24, 2.45) is 0 Å². The molecule has 0 saturated carbocycles. The van der Waals surface area contributed by atoms with E-state index in [9.17, 15) is 0 Å². The van der Waals surface area contributed by atoms with Gasteiger partial charge in [-0.25, -0.2) is 4.98 Å². The Hall–Kier alpha value is -1.30. The van der Waals surface area contributed by atoms with Gasteiger partial charge in [0.1, 0.15) is 11.3 Å². The summed E-state index contributed by atoms with van der Waals surface area (Å²) in [5.74, 6) is 2.02. The maximum Gasteiger partial charge on any atom is 0.215 e. The zero-order valence-electron chi connectivity index (χ0n) is 11.3. The van der Waals surface area contributed by atoms with Gasteiger partial charge >= 0.3 is 0 Å². The van der Waals surface area contributed by atoms with Crippen LogP contribution in [0, 0.1) is 0 Å². The largest absolute Gasteiger partial charge is 0.481 e. The van der Waals surface area contributed by atoms with E-state index in [1.165, 1.54) is 0 Å². The number of aromatic nitrogens is 3. The second-order valence-corrected chi connectivity index (χ2v) is 6.63. The SMILES string of the molecule is COc1ccc2nc(CCCl)n(Cc3ccc(Cl)s3)c2n1. The van der Waals surface area contributed by atoms with Crippen LogP contribution in [0.2, 0.25) is 4.34 Å². The minimum Gasteiger partial charge on any atom is -0.481 e. The number of alkyl halides is 1. The topological polar surface area (TPSA) is 39.9 Å². The maximum absolute atomic E-state index is 6.00. The van der Waals surface area contributed by atoms with Gasteiger partial charge < -0.3 is 9.30 Å². The summed E-state index contributed by atoms with van der Waals surface area (Å²) in [6.07, 6.45) is 0.694. The molecule has 0 saturated heterocycles. The van der Waals surface area contributed by atoms with Crippen molar-refractivity contribution in [3.8, 4) is 5.88 Å². The number of thiophene rings is 1. The fraction of sp³-hybridized carbons (Fsp3) is 0.286. The number of methoxy groups -OCH3 is 1. The van der Waals surface area contributed by atoms with E-state index in [-0.39, 0.29) is 0 Å². The lowest BCUT2D eigenvalue weighted by Crippen LogP contribution is -2.06. The average Bonchev–Trinajstić information content (AvgIpc) is 3.04. The fourth-order valence-corrected chi connectivity index (χ4v) is 3.42. The quantitative estimate of drug-likeness (QED) is 0.659. The highest BCUT2D eigenvalue weighted by atomic mass is 35.5. The van der Waals surface area contributed by atoms with E-state index in [1.807, 2.05) is 24.3 Å². The van der Waals surface area contributed by atoms with E-state index in [4.69, 9.17) is 27.9 Å². The zero-order valence-corrected chi connectivity index (χ0v) is 13.7. The Morgan fingerprint density at radius 3 is 2.76 bits per heavy atom. The predicted molar refractivity (Wildman–Crippen MR) is 86.9 cm³/mol. The van der Waals surface area contributed by atoms with Gasteiger partial charge in [0, 0.05) is 23.2 Å². The third-order valence-electron chi connectivity index (χ3n) is 3.12. The first-order chi connectivity index (χ1) is 10.2. The first-order valence-corrected chi connectivity index (χ1v) is 8.14. The van der Waals surface area contributed by atoms with E-state index in [1.54, 1.807) is 18.4 Å². The Kier molecular flexibility index (Phi) is 4.33. The molecule has 0 aliphatic rings. The highest BCUT2D eigenvalue weighted by Gasteiger charge is 2.14. The zero-order chi connectivity index (χ0) is 14.8. The summed E-state index contributed by atoms with van der Waals surface area (Å²) in [4.78, 5) is 10.3. The summed E-state index contributed by atoms with van der Waals surface area (Å²) in [7, 11) is 1.60. The molecule has 0 aromatic carbocycles. The van der Waals surface area contributed by atoms with Crippen LogP contribution in [-0.4, -0.2) is 27.5 Å². The molecule has 0 aliphatic heterocycles. The molecule has 3 heterocycles. The maximum atomic E-state index is 6.00. The molecule has 3 rings (SSSR count). The number of rotatable bonds is 5. The molecule has 0 bridgehead atoms. The molecule has 0 fully saturated rings. The molecular formula is C14H13Cl2N3OS. The minimum atomic E-state index is 0.519. The summed E-state index contributed by atoms with van der Waals surface area (Å²) in [5.41, 5.74) is 1.65. The molecule has 0 radical (unpaired) electrons. The van der Waals surface area contributed by atoms with Gasteiger partial charge in [0.25, 0.3) is 0 Å². The van der Waals surface area contributed by atoms with Crippen LogP contribution in [0.25, 0.3) is 11.2 Å². The van der Waals surface area contributed by atoms with Crippen molar-refractivity contribution in [3.63, 3.8) is 0 Å². The number of halogens is 2. The Morgan fingerprint density at radius 1 is 1.24 bits per heavy atom. The highest BCUT2D eigenvalue weighted by molar-refractivity contribution is 7.16. The van der Waals surface area contributed by atoms with Crippen molar-refractivity contribution >= 4 is 45.7 Å². The van der Waals surface area contributed by atoms with Gasteiger partial charge in [0.2, 0.25) is 5.88 Å².